The third-order valence-electron chi connectivity index (χ3n) is 6.56. The van der Waals surface area contributed by atoms with Gasteiger partial charge in [0.05, 0.1) is 23.3 Å². The van der Waals surface area contributed by atoms with Crippen molar-refractivity contribution in [3.8, 4) is 5.69 Å². The summed E-state index contributed by atoms with van der Waals surface area (Å²) in [6.45, 7) is 0. The van der Waals surface area contributed by atoms with E-state index in [0.717, 1.165) is 35.0 Å². The molecule has 2 atom stereocenters. The molecule has 0 unspecified atom stereocenters. The summed E-state index contributed by atoms with van der Waals surface area (Å²) in [4.78, 5) is 18.6. The van der Waals surface area contributed by atoms with E-state index in [1.54, 1.807) is 18.2 Å². The van der Waals surface area contributed by atoms with Gasteiger partial charge in [0.2, 0.25) is 0 Å². The highest BCUT2D eigenvalue weighted by Crippen LogP contribution is 2.43. The molecule has 2 N–H and O–H groups in total. The lowest BCUT2D eigenvalue weighted by atomic mass is 9.92. The topological polar surface area (TPSA) is 70.4 Å². The van der Waals surface area contributed by atoms with Crippen molar-refractivity contribution in [1.82, 2.24) is 19.8 Å². The molecule has 2 aromatic heterocycles. The maximum Gasteiger partial charge on any atom is 0.335 e. The summed E-state index contributed by atoms with van der Waals surface area (Å²) < 4.78 is 2.08. The number of carboxylic acids is 1. The lowest BCUT2D eigenvalue weighted by Crippen LogP contribution is -2.40. The second-order valence-corrected chi connectivity index (χ2v) is 8.87. The van der Waals surface area contributed by atoms with Gasteiger partial charge in [-0.2, -0.15) is 0 Å². The van der Waals surface area contributed by atoms with Crippen LogP contribution < -0.4 is 5.32 Å². The summed E-state index contributed by atoms with van der Waals surface area (Å²) >= 11 is 5.86. The van der Waals surface area contributed by atoms with E-state index in [1.165, 1.54) is 19.3 Å². The fourth-order valence-corrected chi connectivity index (χ4v) is 5.48. The predicted molar refractivity (Wildman–Crippen MR) is 127 cm³/mol. The summed E-state index contributed by atoms with van der Waals surface area (Å²) in [6, 6.07) is 17.4. The zero-order chi connectivity index (χ0) is 22.1. The highest BCUT2D eigenvalue weighted by atomic mass is 32.1. The molecule has 1 aromatic carbocycles. The summed E-state index contributed by atoms with van der Waals surface area (Å²) in [6.07, 6.45) is 9.77. The van der Waals surface area contributed by atoms with Crippen LogP contribution in [0.1, 0.15) is 65.9 Å². The number of carboxylic acid groups (broad SMARTS) is 1. The van der Waals surface area contributed by atoms with Crippen molar-refractivity contribution >= 4 is 23.3 Å². The quantitative estimate of drug-likeness (QED) is 0.545. The molecule has 32 heavy (non-hydrogen) atoms. The Morgan fingerprint density at radius 2 is 1.91 bits per heavy atom. The highest BCUT2D eigenvalue weighted by molar-refractivity contribution is 7.80. The Balaban J connectivity index is 1.61. The SMILES string of the molecule is O=C(O)c1cccc(-n2cccc2[C@@H]2[C@@H](c3ccccn3)NC(=S)N2C2CCCCC2)c1. The molecule has 1 aliphatic carbocycles. The van der Waals surface area contributed by atoms with Crippen LogP contribution in [0.5, 0.6) is 0 Å². The van der Waals surface area contributed by atoms with Crippen LogP contribution in [0.15, 0.2) is 67.0 Å². The zero-order valence-corrected chi connectivity index (χ0v) is 18.5. The molecule has 2 aliphatic rings. The Labute approximate surface area is 192 Å². The van der Waals surface area contributed by atoms with Gasteiger partial charge in [-0.05, 0) is 67.5 Å². The standard InChI is InChI=1S/C25H26N4O2S/c30-24(31)17-8-6-11-19(16-17)28-15-7-13-21(28)23-22(20-12-4-5-14-26-20)27-25(32)29(23)18-9-2-1-3-10-18/h4-8,11-16,18,22-23H,1-3,9-10H2,(H,27,32)(H,30,31)/t22-,23-/m1/s1. The first-order valence-corrected chi connectivity index (χ1v) is 11.5. The third kappa shape index (κ3) is 3.77. The Morgan fingerprint density at radius 1 is 1.06 bits per heavy atom. The van der Waals surface area contributed by atoms with Crippen molar-refractivity contribution in [2.45, 2.75) is 50.2 Å². The van der Waals surface area contributed by atoms with Gasteiger partial charge in [0.1, 0.15) is 0 Å². The molecular formula is C25H26N4O2S. The van der Waals surface area contributed by atoms with Gasteiger partial charge in [-0.15, -0.1) is 0 Å². The molecule has 6 nitrogen and oxygen atoms in total. The summed E-state index contributed by atoms with van der Waals surface area (Å²) in [5.41, 5.74) is 3.12. The normalized spacial score (nSPS) is 21.5. The molecule has 3 aromatic rings. The second kappa shape index (κ2) is 8.74. The number of thiocarbonyl (C=S) groups is 1. The van der Waals surface area contributed by atoms with E-state index in [-0.39, 0.29) is 17.6 Å². The fourth-order valence-electron chi connectivity index (χ4n) is 5.09. The first kappa shape index (κ1) is 20.7. The van der Waals surface area contributed by atoms with E-state index in [9.17, 15) is 9.90 Å². The molecule has 5 rings (SSSR count). The minimum absolute atomic E-state index is 0.0380. The number of pyridine rings is 1. The predicted octanol–water partition coefficient (Wildman–Crippen LogP) is 4.88. The molecule has 0 bridgehead atoms. The lowest BCUT2D eigenvalue weighted by molar-refractivity contribution is 0.0697. The maximum atomic E-state index is 11.5. The molecule has 0 radical (unpaired) electrons. The van der Waals surface area contributed by atoms with Gasteiger partial charge in [0.25, 0.3) is 0 Å². The van der Waals surface area contributed by atoms with Crippen LogP contribution in [0.2, 0.25) is 0 Å². The van der Waals surface area contributed by atoms with E-state index >= 15 is 0 Å². The van der Waals surface area contributed by atoms with Crippen LogP contribution in [-0.2, 0) is 0 Å². The minimum atomic E-state index is -0.931. The van der Waals surface area contributed by atoms with Crippen molar-refractivity contribution in [3.05, 3.63) is 83.9 Å². The van der Waals surface area contributed by atoms with E-state index in [4.69, 9.17) is 12.2 Å². The van der Waals surface area contributed by atoms with Gasteiger partial charge >= 0.3 is 5.97 Å². The summed E-state index contributed by atoms with van der Waals surface area (Å²) in [5, 5.41) is 13.8. The molecule has 1 aliphatic heterocycles. The van der Waals surface area contributed by atoms with Crippen molar-refractivity contribution in [3.63, 3.8) is 0 Å². The van der Waals surface area contributed by atoms with Crippen molar-refractivity contribution in [2.24, 2.45) is 0 Å². The van der Waals surface area contributed by atoms with Gasteiger partial charge in [-0.1, -0.05) is 31.4 Å². The fraction of sp³-hybridized carbons (Fsp3) is 0.320. The Bertz CT molecular complexity index is 1120. The average molecular weight is 447 g/mol. The molecule has 7 heteroatoms. The van der Waals surface area contributed by atoms with Crippen LogP contribution in [0.25, 0.3) is 5.69 Å². The molecular weight excluding hydrogens is 420 g/mol. The van der Waals surface area contributed by atoms with Crippen LogP contribution >= 0.6 is 12.2 Å². The number of hydrogen-bond acceptors (Lipinski definition) is 3. The smallest absolute Gasteiger partial charge is 0.335 e. The van der Waals surface area contributed by atoms with Crippen LogP contribution in [0, 0.1) is 0 Å². The number of benzene rings is 1. The Morgan fingerprint density at radius 3 is 2.66 bits per heavy atom. The van der Waals surface area contributed by atoms with E-state index in [2.05, 4.69) is 25.8 Å². The summed E-state index contributed by atoms with van der Waals surface area (Å²) in [5.74, 6) is -0.931. The number of nitrogens with one attached hydrogen (secondary N) is 1. The monoisotopic (exact) mass is 446 g/mol. The van der Waals surface area contributed by atoms with E-state index in [1.807, 2.05) is 42.7 Å². The van der Waals surface area contributed by atoms with Gasteiger partial charge in [-0.25, -0.2) is 4.79 Å². The molecule has 0 amide bonds. The molecule has 2 fully saturated rings. The first-order valence-electron chi connectivity index (χ1n) is 11.1. The molecule has 0 spiro atoms. The van der Waals surface area contributed by atoms with Crippen molar-refractivity contribution in [2.75, 3.05) is 0 Å². The summed E-state index contributed by atoms with van der Waals surface area (Å²) in [7, 11) is 0. The average Bonchev–Trinajstić information content (AvgIpc) is 3.44. The number of hydrogen-bond donors (Lipinski definition) is 2. The molecule has 164 valence electrons. The number of rotatable bonds is 5. The van der Waals surface area contributed by atoms with Crippen molar-refractivity contribution in [1.29, 1.82) is 0 Å². The van der Waals surface area contributed by atoms with Gasteiger partial charge in [0, 0.05) is 29.8 Å². The lowest BCUT2D eigenvalue weighted by Gasteiger charge is -2.37. The van der Waals surface area contributed by atoms with Gasteiger partial charge in [-0.3, -0.25) is 4.98 Å². The number of aromatic carboxylic acids is 1. The second-order valence-electron chi connectivity index (χ2n) is 8.48. The maximum absolute atomic E-state index is 11.5. The highest BCUT2D eigenvalue weighted by Gasteiger charge is 2.44. The van der Waals surface area contributed by atoms with Crippen LogP contribution in [0.4, 0.5) is 0 Å². The van der Waals surface area contributed by atoms with Crippen molar-refractivity contribution < 1.29 is 9.90 Å². The number of aromatic nitrogens is 2. The van der Waals surface area contributed by atoms with Gasteiger partial charge < -0.3 is 19.9 Å². The molecule has 1 saturated heterocycles. The first-order chi connectivity index (χ1) is 15.6. The van der Waals surface area contributed by atoms with E-state index < -0.39 is 5.97 Å². The Kier molecular flexibility index (Phi) is 5.66. The van der Waals surface area contributed by atoms with E-state index in [0.29, 0.717) is 6.04 Å². The Hall–Kier alpha value is -3.19. The molecule has 1 saturated carbocycles. The minimum Gasteiger partial charge on any atom is -0.478 e. The van der Waals surface area contributed by atoms with Gasteiger partial charge in [0.15, 0.2) is 5.11 Å². The zero-order valence-electron chi connectivity index (χ0n) is 17.7. The number of carbonyl (C=O) groups is 1. The molecule has 3 heterocycles. The largest absolute Gasteiger partial charge is 0.478 e. The number of nitrogens with zero attached hydrogens (tertiary/aromatic N) is 3. The third-order valence-corrected chi connectivity index (χ3v) is 6.89. The van der Waals surface area contributed by atoms with Crippen LogP contribution in [-0.4, -0.2) is 36.7 Å². The van der Waals surface area contributed by atoms with Crippen LogP contribution in [0.3, 0.4) is 0 Å².